The van der Waals surface area contributed by atoms with E-state index in [1.54, 1.807) is 0 Å². The van der Waals surface area contributed by atoms with E-state index < -0.39 is 0 Å². The Balaban J connectivity index is 1.67. The highest BCUT2D eigenvalue weighted by Crippen LogP contribution is 2.26. The summed E-state index contributed by atoms with van der Waals surface area (Å²) in [6.45, 7) is 3.00. The number of carbonyl (C=O) groups is 1. The van der Waals surface area contributed by atoms with Crippen LogP contribution < -0.4 is 4.90 Å². The second kappa shape index (κ2) is 6.71. The Hall–Kier alpha value is -1.52. The van der Waals surface area contributed by atoms with Crippen LogP contribution in [0.4, 0.5) is 5.69 Å². The van der Waals surface area contributed by atoms with Crippen LogP contribution >= 0.6 is 27.5 Å². The molecule has 0 aromatic heterocycles. The summed E-state index contributed by atoms with van der Waals surface area (Å²) in [5.41, 5.74) is 1.76. The molecule has 1 heterocycles. The summed E-state index contributed by atoms with van der Waals surface area (Å²) in [4.78, 5) is 16.6. The number of halogens is 2. The number of piperazine rings is 1. The molecule has 0 atom stereocenters. The van der Waals surface area contributed by atoms with Gasteiger partial charge in [-0.1, -0.05) is 45.7 Å². The lowest BCUT2D eigenvalue weighted by atomic mass is 10.1. The first-order valence-electron chi connectivity index (χ1n) is 7.19. The number of para-hydroxylation sites is 1. The van der Waals surface area contributed by atoms with Gasteiger partial charge in [-0.25, -0.2) is 0 Å². The van der Waals surface area contributed by atoms with Crippen LogP contribution in [0.15, 0.2) is 53.0 Å². The van der Waals surface area contributed by atoms with E-state index in [0.29, 0.717) is 13.1 Å². The number of nitrogens with zero attached hydrogens (tertiary/aromatic N) is 2. The predicted molar refractivity (Wildman–Crippen MR) is 93.7 cm³/mol. The number of hydrogen-bond acceptors (Lipinski definition) is 2. The molecule has 1 fully saturated rings. The van der Waals surface area contributed by atoms with E-state index in [-0.39, 0.29) is 5.91 Å². The second-order valence-electron chi connectivity index (χ2n) is 5.24. The SMILES string of the molecule is O=C(c1cccc(Br)c1)N1CCN(c2ccccc2Cl)CC1. The van der Waals surface area contributed by atoms with Gasteiger partial charge in [0.05, 0.1) is 10.7 Å². The maximum Gasteiger partial charge on any atom is 0.254 e. The third-order valence-electron chi connectivity index (χ3n) is 3.83. The zero-order chi connectivity index (χ0) is 15.5. The first kappa shape index (κ1) is 15.4. The van der Waals surface area contributed by atoms with E-state index in [1.807, 2.05) is 53.4 Å². The van der Waals surface area contributed by atoms with Crippen molar-refractivity contribution in [3.8, 4) is 0 Å². The molecule has 1 amide bonds. The zero-order valence-electron chi connectivity index (χ0n) is 12.0. The van der Waals surface area contributed by atoms with Crippen molar-refractivity contribution in [2.75, 3.05) is 31.1 Å². The minimum absolute atomic E-state index is 0.0834. The summed E-state index contributed by atoms with van der Waals surface area (Å²) in [7, 11) is 0. The van der Waals surface area contributed by atoms with Gasteiger partial charge >= 0.3 is 0 Å². The first-order valence-corrected chi connectivity index (χ1v) is 8.36. The molecule has 2 aromatic rings. The molecule has 0 aliphatic carbocycles. The highest BCUT2D eigenvalue weighted by atomic mass is 79.9. The average Bonchev–Trinajstić information content (AvgIpc) is 2.55. The number of anilines is 1. The smallest absolute Gasteiger partial charge is 0.254 e. The molecule has 2 aromatic carbocycles. The summed E-state index contributed by atoms with van der Waals surface area (Å²) in [5.74, 6) is 0.0834. The number of amides is 1. The standard InChI is InChI=1S/C17H16BrClN2O/c18-14-5-3-4-13(12-14)17(22)21-10-8-20(9-11-21)16-7-2-1-6-15(16)19/h1-7,12H,8-11H2. The quantitative estimate of drug-likeness (QED) is 0.785. The maximum absolute atomic E-state index is 12.5. The summed E-state index contributed by atoms with van der Waals surface area (Å²) in [6.07, 6.45) is 0. The van der Waals surface area contributed by atoms with Crippen molar-refractivity contribution >= 4 is 39.1 Å². The fourth-order valence-electron chi connectivity index (χ4n) is 2.66. The molecular weight excluding hydrogens is 364 g/mol. The maximum atomic E-state index is 12.5. The molecule has 5 heteroatoms. The van der Waals surface area contributed by atoms with Crippen molar-refractivity contribution in [2.24, 2.45) is 0 Å². The van der Waals surface area contributed by atoms with E-state index >= 15 is 0 Å². The third kappa shape index (κ3) is 3.28. The van der Waals surface area contributed by atoms with Gasteiger partial charge in [-0.15, -0.1) is 0 Å². The van der Waals surface area contributed by atoms with Crippen LogP contribution in [0, 0.1) is 0 Å². The van der Waals surface area contributed by atoms with Gasteiger partial charge in [0.15, 0.2) is 0 Å². The van der Waals surface area contributed by atoms with Gasteiger partial charge in [-0.05, 0) is 30.3 Å². The van der Waals surface area contributed by atoms with Crippen LogP contribution in [-0.4, -0.2) is 37.0 Å². The topological polar surface area (TPSA) is 23.6 Å². The summed E-state index contributed by atoms with van der Waals surface area (Å²) in [5, 5.41) is 0.759. The van der Waals surface area contributed by atoms with Crippen molar-refractivity contribution in [2.45, 2.75) is 0 Å². The third-order valence-corrected chi connectivity index (χ3v) is 4.64. The van der Waals surface area contributed by atoms with E-state index in [0.717, 1.165) is 33.8 Å². The monoisotopic (exact) mass is 378 g/mol. The molecule has 3 rings (SSSR count). The minimum Gasteiger partial charge on any atom is -0.367 e. The summed E-state index contributed by atoms with van der Waals surface area (Å²) >= 11 is 9.65. The Morgan fingerprint density at radius 2 is 1.73 bits per heavy atom. The van der Waals surface area contributed by atoms with Gasteiger partial charge in [-0.3, -0.25) is 4.79 Å². The highest BCUT2D eigenvalue weighted by molar-refractivity contribution is 9.10. The Kier molecular flexibility index (Phi) is 4.69. The average molecular weight is 380 g/mol. The summed E-state index contributed by atoms with van der Waals surface area (Å²) in [6, 6.07) is 15.4. The molecule has 3 nitrogen and oxygen atoms in total. The molecule has 1 saturated heterocycles. The first-order chi connectivity index (χ1) is 10.6. The van der Waals surface area contributed by atoms with Gasteiger partial charge in [0.2, 0.25) is 0 Å². The normalized spacial score (nSPS) is 15.0. The number of carbonyl (C=O) groups excluding carboxylic acids is 1. The number of benzene rings is 2. The predicted octanol–water partition coefficient (Wildman–Crippen LogP) is 4.06. The fourth-order valence-corrected chi connectivity index (χ4v) is 3.32. The van der Waals surface area contributed by atoms with Crippen molar-refractivity contribution in [3.63, 3.8) is 0 Å². The lowest BCUT2D eigenvalue weighted by Gasteiger charge is -2.36. The van der Waals surface area contributed by atoms with Crippen LogP contribution in [0.1, 0.15) is 10.4 Å². The largest absolute Gasteiger partial charge is 0.367 e. The Bertz CT molecular complexity index is 684. The van der Waals surface area contributed by atoms with Gasteiger partial charge in [0.25, 0.3) is 5.91 Å². The van der Waals surface area contributed by atoms with Gasteiger partial charge < -0.3 is 9.80 Å². The van der Waals surface area contributed by atoms with E-state index in [2.05, 4.69) is 20.8 Å². The summed E-state index contributed by atoms with van der Waals surface area (Å²) < 4.78 is 0.924. The number of rotatable bonds is 2. The van der Waals surface area contributed by atoms with Crippen molar-refractivity contribution < 1.29 is 4.79 Å². The van der Waals surface area contributed by atoms with Crippen LogP contribution in [0.2, 0.25) is 5.02 Å². The van der Waals surface area contributed by atoms with Crippen LogP contribution in [0.25, 0.3) is 0 Å². The van der Waals surface area contributed by atoms with Gasteiger partial charge in [0.1, 0.15) is 0 Å². The minimum atomic E-state index is 0.0834. The molecule has 114 valence electrons. The lowest BCUT2D eigenvalue weighted by molar-refractivity contribution is 0.0746. The lowest BCUT2D eigenvalue weighted by Crippen LogP contribution is -2.48. The molecule has 0 spiro atoms. The molecule has 0 unspecified atom stereocenters. The van der Waals surface area contributed by atoms with Crippen molar-refractivity contribution in [3.05, 3.63) is 63.6 Å². The molecule has 22 heavy (non-hydrogen) atoms. The second-order valence-corrected chi connectivity index (χ2v) is 6.56. The Morgan fingerprint density at radius 1 is 1.00 bits per heavy atom. The van der Waals surface area contributed by atoms with Crippen LogP contribution in [0.3, 0.4) is 0 Å². The molecular formula is C17H16BrClN2O. The van der Waals surface area contributed by atoms with E-state index in [9.17, 15) is 4.79 Å². The van der Waals surface area contributed by atoms with Crippen LogP contribution in [-0.2, 0) is 0 Å². The molecule has 0 radical (unpaired) electrons. The van der Waals surface area contributed by atoms with E-state index in [1.165, 1.54) is 0 Å². The van der Waals surface area contributed by atoms with Crippen molar-refractivity contribution in [1.82, 2.24) is 4.90 Å². The van der Waals surface area contributed by atoms with Gasteiger partial charge in [0, 0.05) is 36.2 Å². The molecule has 0 saturated carbocycles. The molecule has 0 N–H and O–H groups in total. The van der Waals surface area contributed by atoms with Crippen LogP contribution in [0.5, 0.6) is 0 Å². The van der Waals surface area contributed by atoms with Crippen molar-refractivity contribution in [1.29, 1.82) is 0 Å². The zero-order valence-corrected chi connectivity index (χ0v) is 14.3. The fraction of sp³-hybridized carbons (Fsp3) is 0.235. The number of hydrogen-bond donors (Lipinski definition) is 0. The highest BCUT2D eigenvalue weighted by Gasteiger charge is 2.23. The molecule has 1 aliphatic heterocycles. The molecule has 0 bridgehead atoms. The molecule has 1 aliphatic rings. The Morgan fingerprint density at radius 3 is 2.41 bits per heavy atom. The Labute approximate surface area is 143 Å². The van der Waals surface area contributed by atoms with E-state index in [4.69, 9.17) is 11.6 Å². The van der Waals surface area contributed by atoms with Gasteiger partial charge in [-0.2, -0.15) is 0 Å².